The van der Waals surface area contributed by atoms with Gasteiger partial charge >= 0.3 is 0 Å². The second-order valence-corrected chi connectivity index (χ2v) is 5.27. The van der Waals surface area contributed by atoms with E-state index in [0.29, 0.717) is 17.4 Å². The Hall–Kier alpha value is -1.95. The zero-order chi connectivity index (χ0) is 14.0. The first-order chi connectivity index (χ1) is 8.93. The first kappa shape index (κ1) is 13.5. The predicted molar refractivity (Wildman–Crippen MR) is 69.3 cm³/mol. The van der Waals surface area contributed by atoms with Gasteiger partial charge in [0, 0.05) is 24.0 Å². The number of nitrogens with zero attached hydrogens (tertiary/aromatic N) is 1. The molecule has 0 fully saturated rings. The summed E-state index contributed by atoms with van der Waals surface area (Å²) in [5.74, 6) is -0.808. The van der Waals surface area contributed by atoms with Gasteiger partial charge in [0.1, 0.15) is 5.82 Å². The highest BCUT2D eigenvalue weighted by Crippen LogP contribution is 2.18. The highest BCUT2D eigenvalue weighted by atomic mass is 19.1. The largest absolute Gasteiger partial charge is 0.396 e. The van der Waals surface area contributed by atoms with E-state index in [1.54, 1.807) is 0 Å². The second-order valence-electron chi connectivity index (χ2n) is 5.27. The van der Waals surface area contributed by atoms with E-state index < -0.39 is 17.1 Å². The Morgan fingerprint density at radius 1 is 1.53 bits per heavy atom. The number of rotatable bonds is 4. The number of nitrogens with one attached hydrogen (secondary N) is 2. The van der Waals surface area contributed by atoms with Crippen molar-refractivity contribution in [1.82, 2.24) is 15.5 Å². The standard InChI is InChI=1S/C13H16FN3O2/c1-13(2,7-18)6-15-12(19)11-9-5-8(14)3-4-10(9)16-17-11/h3-5,18H,6-7H2,1-2H3,(H,15,19)(H,16,17). The number of fused-ring (bicyclic) bond motifs is 1. The Morgan fingerprint density at radius 2 is 2.26 bits per heavy atom. The maximum absolute atomic E-state index is 13.2. The number of benzene rings is 1. The van der Waals surface area contributed by atoms with Crippen LogP contribution in [0, 0.1) is 11.2 Å². The highest BCUT2D eigenvalue weighted by molar-refractivity contribution is 6.04. The van der Waals surface area contributed by atoms with Crippen LogP contribution >= 0.6 is 0 Å². The Bertz CT molecular complexity index is 607. The number of aliphatic hydroxyl groups is 1. The summed E-state index contributed by atoms with van der Waals surface area (Å²) in [5.41, 5.74) is 0.351. The summed E-state index contributed by atoms with van der Waals surface area (Å²) in [6.07, 6.45) is 0. The van der Waals surface area contributed by atoms with Gasteiger partial charge in [-0.2, -0.15) is 5.10 Å². The van der Waals surface area contributed by atoms with Crippen LogP contribution in [0.15, 0.2) is 18.2 Å². The van der Waals surface area contributed by atoms with E-state index in [1.807, 2.05) is 13.8 Å². The Labute approximate surface area is 109 Å². The van der Waals surface area contributed by atoms with E-state index >= 15 is 0 Å². The molecule has 0 spiro atoms. The molecule has 0 aliphatic carbocycles. The fourth-order valence-corrected chi connectivity index (χ4v) is 1.62. The van der Waals surface area contributed by atoms with Gasteiger partial charge in [0.25, 0.3) is 5.91 Å². The number of aromatic nitrogens is 2. The molecule has 0 saturated heterocycles. The molecule has 1 heterocycles. The van der Waals surface area contributed by atoms with Crippen LogP contribution in [0.4, 0.5) is 4.39 Å². The minimum atomic E-state index is -0.418. The van der Waals surface area contributed by atoms with E-state index in [9.17, 15) is 9.18 Å². The number of carbonyl (C=O) groups is 1. The van der Waals surface area contributed by atoms with Crippen molar-refractivity contribution in [2.24, 2.45) is 5.41 Å². The molecule has 3 N–H and O–H groups in total. The molecule has 0 saturated carbocycles. The number of hydrogen-bond donors (Lipinski definition) is 3. The lowest BCUT2D eigenvalue weighted by atomic mass is 9.95. The fourth-order valence-electron chi connectivity index (χ4n) is 1.62. The molecule has 2 rings (SSSR count). The molecule has 2 aromatic rings. The van der Waals surface area contributed by atoms with Crippen molar-refractivity contribution < 1.29 is 14.3 Å². The fraction of sp³-hybridized carbons (Fsp3) is 0.385. The molecule has 0 radical (unpaired) electrons. The van der Waals surface area contributed by atoms with Gasteiger partial charge in [-0.1, -0.05) is 13.8 Å². The summed E-state index contributed by atoms with van der Waals surface area (Å²) < 4.78 is 13.2. The number of aromatic amines is 1. The molecule has 0 aliphatic rings. The number of carbonyl (C=O) groups excluding carboxylic acids is 1. The lowest BCUT2D eigenvalue weighted by Gasteiger charge is -2.21. The normalized spacial score (nSPS) is 11.8. The number of aliphatic hydroxyl groups excluding tert-OH is 1. The third-order valence-electron chi connectivity index (χ3n) is 2.90. The Kier molecular flexibility index (Phi) is 3.53. The lowest BCUT2D eigenvalue weighted by Crippen LogP contribution is -2.36. The van der Waals surface area contributed by atoms with Crippen LogP contribution in [0.25, 0.3) is 10.9 Å². The molecule has 19 heavy (non-hydrogen) atoms. The molecular formula is C13H16FN3O2. The van der Waals surface area contributed by atoms with Gasteiger partial charge in [-0.15, -0.1) is 0 Å². The zero-order valence-corrected chi connectivity index (χ0v) is 10.8. The molecule has 1 aromatic carbocycles. The van der Waals surface area contributed by atoms with Crippen molar-refractivity contribution in [2.75, 3.05) is 13.2 Å². The van der Waals surface area contributed by atoms with Crippen LogP contribution in [-0.2, 0) is 0 Å². The van der Waals surface area contributed by atoms with Crippen LogP contribution in [0.3, 0.4) is 0 Å². The summed E-state index contributed by atoms with van der Waals surface area (Å²) in [7, 11) is 0. The molecule has 102 valence electrons. The first-order valence-corrected chi connectivity index (χ1v) is 5.96. The summed E-state index contributed by atoms with van der Waals surface area (Å²) >= 11 is 0. The Morgan fingerprint density at radius 3 is 2.95 bits per heavy atom. The summed E-state index contributed by atoms with van der Waals surface area (Å²) in [6, 6.07) is 4.11. The van der Waals surface area contributed by atoms with Crippen molar-refractivity contribution in [3.8, 4) is 0 Å². The molecular weight excluding hydrogens is 249 g/mol. The van der Waals surface area contributed by atoms with E-state index in [4.69, 9.17) is 5.11 Å². The van der Waals surface area contributed by atoms with Crippen molar-refractivity contribution in [3.63, 3.8) is 0 Å². The topological polar surface area (TPSA) is 78.0 Å². The molecule has 0 aliphatic heterocycles. The predicted octanol–water partition coefficient (Wildman–Crippen LogP) is 1.45. The maximum atomic E-state index is 13.2. The van der Waals surface area contributed by atoms with Crippen molar-refractivity contribution >= 4 is 16.8 Å². The van der Waals surface area contributed by atoms with Crippen LogP contribution in [0.5, 0.6) is 0 Å². The lowest BCUT2D eigenvalue weighted by molar-refractivity contribution is 0.0907. The molecule has 6 heteroatoms. The van der Waals surface area contributed by atoms with Gasteiger partial charge in [0.2, 0.25) is 0 Å². The minimum absolute atomic E-state index is 0.0385. The van der Waals surface area contributed by atoms with Gasteiger partial charge in [-0.05, 0) is 18.2 Å². The minimum Gasteiger partial charge on any atom is -0.396 e. The van der Waals surface area contributed by atoms with Crippen LogP contribution in [-0.4, -0.2) is 34.4 Å². The van der Waals surface area contributed by atoms with Crippen molar-refractivity contribution in [3.05, 3.63) is 29.7 Å². The summed E-state index contributed by atoms with van der Waals surface area (Å²) in [6.45, 7) is 3.93. The van der Waals surface area contributed by atoms with E-state index in [-0.39, 0.29) is 12.3 Å². The van der Waals surface area contributed by atoms with Crippen LogP contribution in [0.1, 0.15) is 24.3 Å². The molecule has 0 unspecified atom stereocenters. The third kappa shape index (κ3) is 2.90. The van der Waals surface area contributed by atoms with E-state index in [1.165, 1.54) is 18.2 Å². The second kappa shape index (κ2) is 4.97. The average molecular weight is 265 g/mol. The summed E-state index contributed by atoms with van der Waals surface area (Å²) in [5, 5.41) is 18.8. The molecule has 0 atom stereocenters. The van der Waals surface area contributed by atoms with Gasteiger partial charge in [0.15, 0.2) is 5.69 Å². The first-order valence-electron chi connectivity index (χ1n) is 5.96. The maximum Gasteiger partial charge on any atom is 0.272 e. The molecule has 5 nitrogen and oxygen atoms in total. The number of hydrogen-bond acceptors (Lipinski definition) is 3. The van der Waals surface area contributed by atoms with Gasteiger partial charge < -0.3 is 10.4 Å². The number of H-pyrrole nitrogens is 1. The SMILES string of the molecule is CC(C)(CO)CNC(=O)c1n[nH]c2ccc(F)cc12. The Balaban J connectivity index is 2.20. The number of amides is 1. The average Bonchev–Trinajstić information content (AvgIpc) is 2.79. The van der Waals surface area contributed by atoms with Gasteiger partial charge in [0.05, 0.1) is 5.52 Å². The number of halogens is 1. The van der Waals surface area contributed by atoms with Gasteiger partial charge in [-0.25, -0.2) is 4.39 Å². The summed E-state index contributed by atoms with van der Waals surface area (Å²) in [4.78, 5) is 12.0. The van der Waals surface area contributed by atoms with Crippen LogP contribution in [0.2, 0.25) is 0 Å². The van der Waals surface area contributed by atoms with Gasteiger partial charge in [-0.3, -0.25) is 9.89 Å². The van der Waals surface area contributed by atoms with E-state index in [2.05, 4.69) is 15.5 Å². The molecule has 0 bridgehead atoms. The zero-order valence-electron chi connectivity index (χ0n) is 10.8. The van der Waals surface area contributed by atoms with Crippen molar-refractivity contribution in [2.45, 2.75) is 13.8 Å². The molecule has 1 amide bonds. The highest BCUT2D eigenvalue weighted by Gasteiger charge is 2.20. The van der Waals surface area contributed by atoms with E-state index in [0.717, 1.165) is 0 Å². The van der Waals surface area contributed by atoms with Crippen LogP contribution < -0.4 is 5.32 Å². The monoisotopic (exact) mass is 265 g/mol. The van der Waals surface area contributed by atoms with Crippen molar-refractivity contribution in [1.29, 1.82) is 0 Å². The smallest absolute Gasteiger partial charge is 0.272 e. The quantitative estimate of drug-likeness (QED) is 0.783. The third-order valence-corrected chi connectivity index (χ3v) is 2.90. The molecule has 1 aromatic heterocycles.